The Morgan fingerprint density at radius 2 is 1.82 bits per heavy atom. The zero-order valence-corrected chi connectivity index (χ0v) is 19.6. The largest absolute Gasteiger partial charge is 0.454 e. The first-order valence-corrected chi connectivity index (χ1v) is 11.9. The van der Waals surface area contributed by atoms with Crippen LogP contribution in [0.25, 0.3) is 0 Å². The number of hydrogen-bond donors (Lipinski definition) is 0. The highest BCUT2D eigenvalue weighted by Gasteiger charge is 2.38. The molecule has 4 heterocycles. The van der Waals surface area contributed by atoms with E-state index in [1.807, 2.05) is 4.90 Å². The van der Waals surface area contributed by atoms with Gasteiger partial charge in [0.2, 0.25) is 29.7 Å². The first-order chi connectivity index (χ1) is 16.6. The Hall–Kier alpha value is -3.34. The lowest BCUT2D eigenvalue weighted by Gasteiger charge is -2.34. The number of allylic oxidation sites excluding steroid dienone is 1. The van der Waals surface area contributed by atoms with Gasteiger partial charge in [0.15, 0.2) is 11.5 Å². The van der Waals surface area contributed by atoms with E-state index in [4.69, 9.17) is 21.7 Å². The van der Waals surface area contributed by atoms with Gasteiger partial charge in [-0.25, -0.2) is 15.0 Å². The first-order valence-electron chi connectivity index (χ1n) is 11.5. The minimum atomic E-state index is -0.492. The van der Waals surface area contributed by atoms with Crippen molar-refractivity contribution in [1.82, 2.24) is 19.8 Å². The summed E-state index contributed by atoms with van der Waals surface area (Å²) in [6.07, 6.45) is 9.80. The molecule has 11 heteroatoms. The molecular formula is C23H26N6O4S. The molecule has 1 aromatic rings. The third kappa shape index (κ3) is 4.65. The summed E-state index contributed by atoms with van der Waals surface area (Å²) in [5, 5.41) is 0.278. The van der Waals surface area contributed by atoms with Gasteiger partial charge in [-0.05, 0) is 37.2 Å². The van der Waals surface area contributed by atoms with Gasteiger partial charge in [0.05, 0.1) is 5.71 Å². The van der Waals surface area contributed by atoms with Crippen LogP contribution in [-0.4, -0.2) is 81.9 Å². The minimum absolute atomic E-state index is 0.0929. The van der Waals surface area contributed by atoms with Crippen molar-refractivity contribution in [3.05, 3.63) is 42.1 Å². The average molecular weight is 483 g/mol. The van der Waals surface area contributed by atoms with Crippen LogP contribution in [0, 0.1) is 5.92 Å². The second-order valence-electron chi connectivity index (χ2n) is 8.46. The number of thiocarbonyl (C=S) groups is 1. The lowest BCUT2D eigenvalue weighted by atomic mass is 9.93. The summed E-state index contributed by atoms with van der Waals surface area (Å²) in [6, 6.07) is 1.79. The number of nitrogens with zero attached hydrogens (tertiary/aromatic N) is 6. The van der Waals surface area contributed by atoms with E-state index >= 15 is 0 Å². The van der Waals surface area contributed by atoms with E-state index in [0.717, 1.165) is 32.4 Å². The number of aliphatic imine (C=N–C) groups is 1. The predicted molar refractivity (Wildman–Crippen MR) is 128 cm³/mol. The summed E-state index contributed by atoms with van der Waals surface area (Å²) in [7, 11) is 0. The molecular weight excluding hydrogens is 456 g/mol. The monoisotopic (exact) mass is 482 g/mol. The van der Waals surface area contributed by atoms with Crippen molar-refractivity contribution in [2.24, 2.45) is 10.9 Å². The van der Waals surface area contributed by atoms with E-state index in [2.05, 4.69) is 19.9 Å². The van der Waals surface area contributed by atoms with Crippen molar-refractivity contribution in [2.45, 2.75) is 25.7 Å². The highest BCUT2D eigenvalue weighted by Crippen LogP contribution is 2.31. The molecule has 0 aromatic carbocycles. The quantitative estimate of drug-likeness (QED) is 0.427. The summed E-state index contributed by atoms with van der Waals surface area (Å²) >= 11 is 5.36. The first kappa shape index (κ1) is 22.5. The number of amides is 2. The third-order valence-electron chi connectivity index (χ3n) is 6.31. The molecule has 34 heavy (non-hydrogen) atoms. The summed E-state index contributed by atoms with van der Waals surface area (Å²) in [5.74, 6) is 1.47. The van der Waals surface area contributed by atoms with Crippen molar-refractivity contribution in [3.63, 3.8) is 0 Å². The summed E-state index contributed by atoms with van der Waals surface area (Å²) in [5.41, 5.74) is 0.597. The van der Waals surface area contributed by atoms with Gasteiger partial charge < -0.3 is 19.3 Å². The number of hydrogen-bond acceptors (Lipinski definition) is 8. The van der Waals surface area contributed by atoms with Crippen molar-refractivity contribution in [3.8, 4) is 0 Å². The van der Waals surface area contributed by atoms with Gasteiger partial charge >= 0.3 is 0 Å². The van der Waals surface area contributed by atoms with Gasteiger partial charge in [-0.3, -0.25) is 14.5 Å². The Kier molecular flexibility index (Phi) is 6.52. The number of piperazine rings is 1. The number of ether oxygens (including phenoxy) is 2. The fourth-order valence-electron chi connectivity index (χ4n) is 4.43. The van der Waals surface area contributed by atoms with Gasteiger partial charge in [-0.15, -0.1) is 0 Å². The molecule has 1 aromatic heterocycles. The van der Waals surface area contributed by atoms with Crippen LogP contribution >= 0.6 is 12.2 Å². The lowest BCUT2D eigenvalue weighted by molar-refractivity contribution is -0.132. The van der Waals surface area contributed by atoms with Crippen LogP contribution in [-0.2, 0) is 19.1 Å². The molecule has 2 fully saturated rings. The molecule has 0 saturated carbocycles. The minimum Gasteiger partial charge on any atom is -0.454 e. The van der Waals surface area contributed by atoms with Crippen LogP contribution in [0.5, 0.6) is 0 Å². The number of carbonyl (C=O) groups is 2. The van der Waals surface area contributed by atoms with Crippen LogP contribution in [0.3, 0.4) is 0 Å². The number of carbonyl (C=O) groups excluding carboxylic acids is 2. The number of fused-ring (bicyclic) bond motifs is 2. The Morgan fingerprint density at radius 3 is 2.62 bits per heavy atom. The molecule has 2 saturated heterocycles. The average Bonchev–Trinajstić information content (AvgIpc) is 3.32. The summed E-state index contributed by atoms with van der Waals surface area (Å²) in [4.78, 5) is 44.1. The maximum atomic E-state index is 13.0. The standard InChI is InChI=1S/C23H26N6O4S/c30-20(27-9-11-28(12-10-27)22-24-6-4-7-25-22)5-2-1-3-8-29-21(31)16-13-18-19(33-15-32-18)14-17(16)26-23(29)34/h4,6-7,13-14,16H,1-3,5,8-12,15H2. The number of aromatic nitrogens is 2. The van der Waals surface area contributed by atoms with Crippen LogP contribution < -0.4 is 4.90 Å². The van der Waals surface area contributed by atoms with E-state index < -0.39 is 5.92 Å². The van der Waals surface area contributed by atoms with Crippen molar-refractivity contribution in [1.29, 1.82) is 0 Å². The topological polar surface area (TPSA) is 100 Å². The fourth-order valence-corrected chi connectivity index (χ4v) is 4.72. The number of unbranched alkanes of at least 4 members (excludes halogenated alkanes) is 2. The summed E-state index contributed by atoms with van der Waals surface area (Å²) < 4.78 is 10.8. The molecule has 3 aliphatic heterocycles. The second-order valence-corrected chi connectivity index (χ2v) is 8.83. The SMILES string of the molecule is O=C(CCCCCN1C(=O)C2C=C3OCOC3=CC2=NC1=S)N1CCN(c2ncccn2)CC1. The van der Waals surface area contributed by atoms with Crippen molar-refractivity contribution < 1.29 is 19.1 Å². The Bertz CT molecular complexity index is 1060. The van der Waals surface area contributed by atoms with Gasteiger partial charge in [-0.1, -0.05) is 6.42 Å². The van der Waals surface area contributed by atoms with E-state index in [1.54, 1.807) is 35.5 Å². The Morgan fingerprint density at radius 1 is 1.06 bits per heavy atom. The van der Waals surface area contributed by atoms with Crippen LogP contribution in [0.4, 0.5) is 5.95 Å². The number of anilines is 1. The normalized spacial score (nSPS) is 21.7. The zero-order chi connectivity index (χ0) is 23.5. The molecule has 1 unspecified atom stereocenters. The van der Waals surface area contributed by atoms with E-state index in [1.165, 1.54) is 0 Å². The van der Waals surface area contributed by atoms with Crippen molar-refractivity contribution in [2.75, 3.05) is 44.4 Å². The van der Waals surface area contributed by atoms with Crippen molar-refractivity contribution >= 4 is 40.8 Å². The zero-order valence-electron chi connectivity index (χ0n) is 18.8. The van der Waals surface area contributed by atoms with Gasteiger partial charge in [0, 0.05) is 57.6 Å². The molecule has 10 nitrogen and oxygen atoms in total. The van der Waals surface area contributed by atoms with Gasteiger partial charge in [0.25, 0.3) is 0 Å². The molecule has 0 N–H and O–H groups in total. The second kappa shape index (κ2) is 9.88. The molecule has 0 bridgehead atoms. The predicted octanol–water partition coefficient (Wildman–Crippen LogP) is 1.66. The molecule has 0 radical (unpaired) electrons. The highest BCUT2D eigenvalue weighted by atomic mass is 32.1. The Labute approximate surface area is 202 Å². The van der Waals surface area contributed by atoms with E-state index in [0.29, 0.717) is 49.2 Å². The van der Waals surface area contributed by atoms with Crippen LogP contribution in [0.15, 0.2) is 47.1 Å². The fraction of sp³-hybridized carbons (Fsp3) is 0.478. The maximum absolute atomic E-state index is 13.0. The van der Waals surface area contributed by atoms with Crippen LogP contribution in [0.1, 0.15) is 25.7 Å². The number of rotatable bonds is 7. The molecule has 2 amide bonds. The van der Waals surface area contributed by atoms with Gasteiger partial charge in [0.1, 0.15) is 5.92 Å². The van der Waals surface area contributed by atoms with E-state index in [9.17, 15) is 9.59 Å². The van der Waals surface area contributed by atoms with Gasteiger partial charge in [-0.2, -0.15) is 0 Å². The third-order valence-corrected chi connectivity index (χ3v) is 6.63. The summed E-state index contributed by atoms with van der Waals surface area (Å²) in [6.45, 7) is 3.46. The molecule has 4 aliphatic rings. The van der Waals surface area contributed by atoms with E-state index in [-0.39, 0.29) is 23.7 Å². The molecule has 1 atom stereocenters. The van der Waals surface area contributed by atoms with Crippen LogP contribution in [0.2, 0.25) is 0 Å². The Balaban J connectivity index is 1.04. The molecule has 178 valence electrons. The lowest BCUT2D eigenvalue weighted by Crippen LogP contribution is -2.49. The molecule has 5 rings (SSSR count). The maximum Gasteiger partial charge on any atom is 0.241 e. The molecule has 0 spiro atoms. The smallest absolute Gasteiger partial charge is 0.241 e. The molecule has 1 aliphatic carbocycles. The highest BCUT2D eigenvalue weighted by molar-refractivity contribution is 7.80.